The Bertz CT molecular complexity index is 1010. The fourth-order valence-corrected chi connectivity index (χ4v) is 3.71. The van der Waals surface area contributed by atoms with Crippen molar-refractivity contribution < 1.29 is 22.4 Å². The van der Waals surface area contributed by atoms with Gasteiger partial charge in [0, 0.05) is 14.1 Å². The molecular formula is C17H16N2O5S2. The van der Waals surface area contributed by atoms with E-state index >= 15 is 0 Å². The second-order valence-corrected chi connectivity index (χ2v) is 8.61. The highest BCUT2D eigenvalue weighted by molar-refractivity contribution is 7.89. The van der Waals surface area contributed by atoms with Crippen molar-refractivity contribution in [2.45, 2.75) is 11.5 Å². The molecule has 0 saturated carbocycles. The summed E-state index contributed by atoms with van der Waals surface area (Å²) in [5.41, 5.74) is 0.619. The zero-order valence-corrected chi connectivity index (χ0v) is 15.7. The number of benzene rings is 1. The van der Waals surface area contributed by atoms with E-state index in [4.69, 9.17) is 9.15 Å². The first-order valence-corrected chi connectivity index (χ1v) is 9.88. The normalized spacial score (nSPS) is 11.7. The average Bonchev–Trinajstić information content (AvgIpc) is 3.31. The highest BCUT2D eigenvalue weighted by Gasteiger charge is 2.19. The molecule has 26 heavy (non-hydrogen) atoms. The van der Waals surface area contributed by atoms with E-state index in [0.717, 1.165) is 9.18 Å². The van der Waals surface area contributed by atoms with Gasteiger partial charge >= 0.3 is 5.97 Å². The zero-order chi connectivity index (χ0) is 18.7. The predicted octanol–water partition coefficient (Wildman–Crippen LogP) is 3.01. The van der Waals surface area contributed by atoms with E-state index in [0.29, 0.717) is 11.6 Å². The van der Waals surface area contributed by atoms with Crippen molar-refractivity contribution in [2.75, 3.05) is 14.1 Å². The van der Waals surface area contributed by atoms with Crippen LogP contribution in [-0.2, 0) is 21.4 Å². The van der Waals surface area contributed by atoms with Crippen LogP contribution in [0.2, 0.25) is 0 Å². The topological polar surface area (TPSA) is 89.7 Å². The highest BCUT2D eigenvalue weighted by atomic mass is 32.2. The Morgan fingerprint density at radius 2 is 2.08 bits per heavy atom. The minimum absolute atomic E-state index is 0.0263. The van der Waals surface area contributed by atoms with Crippen molar-refractivity contribution in [3.8, 4) is 10.8 Å². The Morgan fingerprint density at radius 3 is 2.77 bits per heavy atom. The number of rotatable bonds is 6. The highest BCUT2D eigenvalue weighted by Crippen LogP contribution is 2.24. The SMILES string of the molecule is CN(C)S(=O)(=O)c1cccc(C(=O)OCc2coc(-c3cccs3)n2)c1. The summed E-state index contributed by atoms with van der Waals surface area (Å²) in [5, 5.41) is 1.91. The van der Waals surface area contributed by atoms with Gasteiger partial charge in [-0.05, 0) is 29.6 Å². The van der Waals surface area contributed by atoms with E-state index in [1.54, 1.807) is 0 Å². The molecule has 0 amide bonds. The van der Waals surface area contributed by atoms with Crippen LogP contribution in [0.25, 0.3) is 10.8 Å². The molecular weight excluding hydrogens is 376 g/mol. The van der Waals surface area contributed by atoms with Gasteiger partial charge in [0.15, 0.2) is 0 Å². The Balaban J connectivity index is 1.69. The molecule has 0 spiro atoms. The molecule has 0 saturated heterocycles. The summed E-state index contributed by atoms with van der Waals surface area (Å²) in [5.74, 6) is -0.174. The van der Waals surface area contributed by atoms with Gasteiger partial charge in [0.25, 0.3) is 0 Å². The molecule has 2 aromatic heterocycles. The van der Waals surface area contributed by atoms with Gasteiger partial charge in [0.05, 0.1) is 15.3 Å². The van der Waals surface area contributed by atoms with Crippen LogP contribution in [0.3, 0.4) is 0 Å². The molecule has 9 heteroatoms. The van der Waals surface area contributed by atoms with E-state index < -0.39 is 16.0 Å². The second kappa shape index (κ2) is 7.40. The van der Waals surface area contributed by atoms with Crippen LogP contribution in [0, 0.1) is 0 Å². The standard InChI is InChI=1S/C17H16N2O5S2/c1-19(2)26(21,22)14-6-3-5-12(9-14)17(20)24-11-13-10-23-16(18-13)15-7-4-8-25-15/h3-10H,11H2,1-2H3. The number of hydrogen-bond donors (Lipinski definition) is 0. The van der Waals surface area contributed by atoms with Gasteiger partial charge in [-0.2, -0.15) is 0 Å². The molecule has 2 heterocycles. The van der Waals surface area contributed by atoms with E-state index in [1.165, 1.54) is 56.0 Å². The van der Waals surface area contributed by atoms with Crippen molar-refractivity contribution in [3.05, 3.63) is 59.3 Å². The number of nitrogens with zero attached hydrogens (tertiary/aromatic N) is 2. The number of carbonyl (C=O) groups excluding carboxylic acids is 1. The number of aromatic nitrogens is 1. The largest absolute Gasteiger partial charge is 0.455 e. The van der Waals surface area contributed by atoms with Crippen molar-refractivity contribution in [2.24, 2.45) is 0 Å². The molecule has 0 aliphatic heterocycles. The number of ether oxygens (including phenoxy) is 1. The first-order chi connectivity index (χ1) is 12.4. The maximum absolute atomic E-state index is 12.2. The summed E-state index contributed by atoms with van der Waals surface area (Å²) < 4.78 is 36.0. The van der Waals surface area contributed by atoms with Gasteiger partial charge in [-0.15, -0.1) is 11.3 Å². The van der Waals surface area contributed by atoms with Crippen molar-refractivity contribution >= 4 is 27.3 Å². The lowest BCUT2D eigenvalue weighted by Crippen LogP contribution is -2.22. The van der Waals surface area contributed by atoms with E-state index in [-0.39, 0.29) is 17.1 Å². The number of sulfonamides is 1. The van der Waals surface area contributed by atoms with Crippen LogP contribution < -0.4 is 0 Å². The molecule has 0 atom stereocenters. The van der Waals surface area contributed by atoms with Crippen LogP contribution in [-0.4, -0.2) is 37.8 Å². The lowest BCUT2D eigenvalue weighted by molar-refractivity contribution is 0.0467. The Morgan fingerprint density at radius 1 is 1.27 bits per heavy atom. The molecule has 0 N–H and O–H groups in total. The molecule has 1 aromatic carbocycles. The zero-order valence-electron chi connectivity index (χ0n) is 14.1. The Hall–Kier alpha value is -2.49. The summed E-state index contributed by atoms with van der Waals surface area (Å²) in [6.45, 7) is -0.0711. The van der Waals surface area contributed by atoms with Gasteiger partial charge < -0.3 is 9.15 Å². The summed E-state index contributed by atoms with van der Waals surface area (Å²) in [7, 11) is -0.769. The predicted molar refractivity (Wildman–Crippen MR) is 96.3 cm³/mol. The lowest BCUT2D eigenvalue weighted by atomic mass is 10.2. The summed E-state index contributed by atoms with van der Waals surface area (Å²) in [4.78, 5) is 17.4. The summed E-state index contributed by atoms with van der Waals surface area (Å²) in [6, 6.07) is 9.48. The molecule has 3 rings (SSSR count). The monoisotopic (exact) mass is 392 g/mol. The fraction of sp³-hybridized carbons (Fsp3) is 0.176. The van der Waals surface area contributed by atoms with Gasteiger partial charge in [-0.25, -0.2) is 22.5 Å². The molecule has 7 nitrogen and oxygen atoms in total. The summed E-state index contributed by atoms with van der Waals surface area (Å²) >= 11 is 1.49. The van der Waals surface area contributed by atoms with Gasteiger partial charge in [-0.1, -0.05) is 12.1 Å². The second-order valence-electron chi connectivity index (χ2n) is 5.51. The lowest BCUT2D eigenvalue weighted by Gasteiger charge is -2.12. The molecule has 0 bridgehead atoms. The number of oxazole rings is 1. The molecule has 0 aliphatic rings. The number of thiophene rings is 1. The van der Waals surface area contributed by atoms with Crippen LogP contribution >= 0.6 is 11.3 Å². The van der Waals surface area contributed by atoms with Crippen LogP contribution in [0.1, 0.15) is 16.1 Å². The van der Waals surface area contributed by atoms with E-state index in [1.807, 2.05) is 17.5 Å². The van der Waals surface area contributed by atoms with Gasteiger partial charge in [0.2, 0.25) is 15.9 Å². The fourth-order valence-electron chi connectivity index (χ4n) is 2.10. The maximum Gasteiger partial charge on any atom is 0.338 e. The molecule has 136 valence electrons. The third kappa shape index (κ3) is 3.85. The molecule has 0 unspecified atom stereocenters. The minimum Gasteiger partial charge on any atom is -0.455 e. The quantitative estimate of drug-likeness (QED) is 0.599. The first-order valence-electron chi connectivity index (χ1n) is 7.56. The summed E-state index contributed by atoms with van der Waals surface area (Å²) in [6.07, 6.45) is 1.43. The molecule has 0 radical (unpaired) electrons. The van der Waals surface area contributed by atoms with Crippen molar-refractivity contribution in [3.63, 3.8) is 0 Å². The number of carbonyl (C=O) groups is 1. The molecule has 0 aliphatic carbocycles. The van der Waals surface area contributed by atoms with Crippen LogP contribution in [0.4, 0.5) is 0 Å². The Kier molecular flexibility index (Phi) is 5.21. The van der Waals surface area contributed by atoms with Crippen molar-refractivity contribution in [1.29, 1.82) is 0 Å². The third-order valence-corrected chi connectivity index (χ3v) is 6.15. The van der Waals surface area contributed by atoms with Gasteiger partial charge in [-0.3, -0.25) is 0 Å². The minimum atomic E-state index is -3.62. The van der Waals surface area contributed by atoms with Crippen LogP contribution in [0.15, 0.2) is 57.4 Å². The average molecular weight is 392 g/mol. The number of esters is 1. The first kappa shape index (κ1) is 18.3. The van der Waals surface area contributed by atoms with E-state index in [2.05, 4.69) is 4.98 Å². The maximum atomic E-state index is 12.2. The smallest absolute Gasteiger partial charge is 0.338 e. The van der Waals surface area contributed by atoms with Crippen molar-refractivity contribution in [1.82, 2.24) is 9.29 Å². The molecule has 3 aromatic rings. The Labute approximate surface area is 154 Å². The number of hydrogen-bond acceptors (Lipinski definition) is 7. The van der Waals surface area contributed by atoms with E-state index in [9.17, 15) is 13.2 Å². The third-order valence-electron chi connectivity index (χ3n) is 3.48. The van der Waals surface area contributed by atoms with Gasteiger partial charge in [0.1, 0.15) is 18.6 Å². The van der Waals surface area contributed by atoms with Crippen LogP contribution in [0.5, 0.6) is 0 Å². The molecule has 0 fully saturated rings.